The zero-order valence-electron chi connectivity index (χ0n) is 14.1. The number of aryl methyl sites for hydroxylation is 1. The van der Waals surface area contributed by atoms with Gasteiger partial charge in [-0.2, -0.15) is 0 Å². The van der Waals surface area contributed by atoms with E-state index in [4.69, 9.17) is 35.4 Å². The van der Waals surface area contributed by atoms with E-state index in [0.29, 0.717) is 5.02 Å². The Morgan fingerprint density at radius 1 is 1.08 bits per heavy atom. The second-order valence-corrected chi connectivity index (χ2v) is 7.47. The molecule has 0 aromatic heterocycles. The van der Waals surface area contributed by atoms with Gasteiger partial charge in [0.25, 0.3) is 0 Å². The lowest BCUT2D eigenvalue weighted by Gasteiger charge is -2.36. The maximum absolute atomic E-state index is 6.26. The minimum Gasteiger partial charge on any atom is -0.346 e. The molecule has 0 atom stereocenters. The van der Waals surface area contributed by atoms with E-state index in [1.54, 1.807) is 0 Å². The summed E-state index contributed by atoms with van der Waals surface area (Å²) >= 11 is 17.9. The van der Waals surface area contributed by atoms with Crippen molar-refractivity contribution in [3.8, 4) is 0 Å². The molecule has 1 saturated heterocycles. The van der Waals surface area contributed by atoms with Gasteiger partial charge in [-0.3, -0.25) is 4.90 Å². The second-order valence-electron chi connectivity index (χ2n) is 6.24. The van der Waals surface area contributed by atoms with Crippen molar-refractivity contribution in [1.82, 2.24) is 9.80 Å². The molecule has 3 nitrogen and oxygen atoms in total. The molecule has 6 heteroatoms. The van der Waals surface area contributed by atoms with Crippen LogP contribution in [0.15, 0.2) is 42.5 Å². The number of halogens is 2. The van der Waals surface area contributed by atoms with Crippen LogP contribution >= 0.6 is 35.4 Å². The highest BCUT2D eigenvalue weighted by Gasteiger charge is 2.20. The molecule has 1 heterocycles. The Labute approximate surface area is 164 Å². The lowest BCUT2D eigenvalue weighted by Crippen LogP contribution is -2.49. The van der Waals surface area contributed by atoms with Gasteiger partial charge in [0.05, 0.1) is 0 Å². The molecule has 1 N–H and O–H groups in total. The molecule has 3 rings (SSSR count). The zero-order chi connectivity index (χ0) is 17.8. The summed E-state index contributed by atoms with van der Waals surface area (Å²) in [7, 11) is 0. The van der Waals surface area contributed by atoms with Crippen LogP contribution in [0.2, 0.25) is 10.0 Å². The van der Waals surface area contributed by atoms with Gasteiger partial charge in [0.2, 0.25) is 0 Å². The molecule has 132 valence electrons. The minimum atomic E-state index is 0.709. The molecule has 0 spiro atoms. The van der Waals surface area contributed by atoms with E-state index in [2.05, 4.69) is 21.2 Å². The summed E-state index contributed by atoms with van der Waals surface area (Å²) in [6, 6.07) is 13.8. The SMILES string of the molecule is Cc1ccc(Cl)cc1NC(=S)N1CCN(Cc2ccccc2Cl)CC1. The van der Waals surface area contributed by atoms with Crippen LogP contribution in [0.5, 0.6) is 0 Å². The Kier molecular flexibility index (Phi) is 6.18. The average molecular weight is 394 g/mol. The maximum Gasteiger partial charge on any atom is 0.173 e. The van der Waals surface area contributed by atoms with Crippen LogP contribution in [0.3, 0.4) is 0 Å². The van der Waals surface area contributed by atoms with Gasteiger partial charge in [0.15, 0.2) is 5.11 Å². The Hall–Kier alpha value is -1.33. The third-order valence-electron chi connectivity index (χ3n) is 4.45. The van der Waals surface area contributed by atoms with E-state index >= 15 is 0 Å². The maximum atomic E-state index is 6.26. The number of hydrogen-bond donors (Lipinski definition) is 1. The van der Waals surface area contributed by atoms with Crippen LogP contribution in [0.25, 0.3) is 0 Å². The van der Waals surface area contributed by atoms with Crippen molar-refractivity contribution in [3.63, 3.8) is 0 Å². The Balaban J connectivity index is 1.54. The number of hydrogen-bond acceptors (Lipinski definition) is 2. The number of rotatable bonds is 3. The zero-order valence-corrected chi connectivity index (χ0v) is 16.5. The van der Waals surface area contributed by atoms with E-state index in [-0.39, 0.29) is 0 Å². The lowest BCUT2D eigenvalue weighted by molar-refractivity contribution is 0.177. The van der Waals surface area contributed by atoms with E-state index < -0.39 is 0 Å². The first kappa shape index (κ1) is 18.5. The first-order chi connectivity index (χ1) is 12.0. The van der Waals surface area contributed by atoms with Gasteiger partial charge < -0.3 is 10.2 Å². The molecule has 0 bridgehead atoms. The number of nitrogens with one attached hydrogen (secondary N) is 1. The van der Waals surface area contributed by atoms with Crippen molar-refractivity contribution in [2.75, 3.05) is 31.5 Å². The molecule has 0 amide bonds. The predicted molar refractivity (Wildman–Crippen MR) is 111 cm³/mol. The van der Waals surface area contributed by atoms with Gasteiger partial charge in [-0.1, -0.05) is 47.5 Å². The third kappa shape index (κ3) is 4.85. The van der Waals surface area contributed by atoms with Crippen LogP contribution in [-0.2, 0) is 6.54 Å². The van der Waals surface area contributed by atoms with Crippen molar-refractivity contribution < 1.29 is 0 Å². The van der Waals surface area contributed by atoms with Crippen molar-refractivity contribution in [3.05, 3.63) is 63.6 Å². The van der Waals surface area contributed by atoms with Gasteiger partial charge in [-0.05, 0) is 48.5 Å². The summed E-state index contributed by atoms with van der Waals surface area (Å²) < 4.78 is 0. The van der Waals surface area contributed by atoms with Crippen molar-refractivity contribution >= 4 is 46.2 Å². The summed E-state index contributed by atoms with van der Waals surface area (Å²) in [6.45, 7) is 6.64. The average Bonchev–Trinajstić information content (AvgIpc) is 2.61. The number of anilines is 1. The molecule has 0 unspecified atom stereocenters. The van der Waals surface area contributed by atoms with Gasteiger partial charge in [0.1, 0.15) is 0 Å². The first-order valence-electron chi connectivity index (χ1n) is 8.31. The number of piperazine rings is 1. The Morgan fingerprint density at radius 2 is 1.80 bits per heavy atom. The molecule has 1 aliphatic rings. The minimum absolute atomic E-state index is 0.709. The monoisotopic (exact) mass is 393 g/mol. The second kappa shape index (κ2) is 8.37. The van der Waals surface area contributed by atoms with E-state index in [1.165, 1.54) is 5.56 Å². The molecule has 2 aromatic carbocycles. The van der Waals surface area contributed by atoms with Gasteiger partial charge in [-0.25, -0.2) is 0 Å². The van der Waals surface area contributed by atoms with E-state index in [9.17, 15) is 0 Å². The molecule has 0 saturated carbocycles. The largest absolute Gasteiger partial charge is 0.346 e. The topological polar surface area (TPSA) is 18.5 Å². The highest BCUT2D eigenvalue weighted by molar-refractivity contribution is 7.80. The van der Waals surface area contributed by atoms with Gasteiger partial charge in [-0.15, -0.1) is 0 Å². The number of thiocarbonyl (C=S) groups is 1. The molecule has 1 aliphatic heterocycles. The van der Waals surface area contributed by atoms with Crippen LogP contribution < -0.4 is 5.32 Å². The van der Waals surface area contributed by atoms with Crippen LogP contribution in [0, 0.1) is 6.92 Å². The Morgan fingerprint density at radius 3 is 2.52 bits per heavy atom. The quantitative estimate of drug-likeness (QED) is 0.753. The van der Waals surface area contributed by atoms with E-state index in [0.717, 1.165) is 54.1 Å². The van der Waals surface area contributed by atoms with Crippen molar-refractivity contribution in [2.24, 2.45) is 0 Å². The summed E-state index contributed by atoms with van der Waals surface area (Å²) in [5, 5.41) is 5.62. The van der Waals surface area contributed by atoms with Crippen LogP contribution in [0.1, 0.15) is 11.1 Å². The predicted octanol–water partition coefficient (Wildman–Crippen LogP) is 4.82. The summed E-state index contributed by atoms with van der Waals surface area (Å²) in [5.41, 5.74) is 3.27. The third-order valence-corrected chi connectivity index (χ3v) is 5.42. The normalized spacial score (nSPS) is 15.2. The summed E-state index contributed by atoms with van der Waals surface area (Å²) in [5.74, 6) is 0. The standard InChI is InChI=1S/C19H21Cl2N3S/c1-14-6-7-16(20)12-18(14)22-19(25)24-10-8-23(9-11-24)13-15-4-2-3-5-17(15)21/h2-7,12H,8-11,13H2,1H3,(H,22,25). The summed E-state index contributed by atoms with van der Waals surface area (Å²) in [4.78, 5) is 4.61. The lowest BCUT2D eigenvalue weighted by atomic mass is 10.2. The van der Waals surface area contributed by atoms with Crippen molar-refractivity contribution in [2.45, 2.75) is 13.5 Å². The first-order valence-corrected chi connectivity index (χ1v) is 9.47. The highest BCUT2D eigenvalue weighted by atomic mass is 35.5. The van der Waals surface area contributed by atoms with E-state index in [1.807, 2.05) is 43.3 Å². The van der Waals surface area contributed by atoms with Crippen LogP contribution in [-0.4, -0.2) is 41.1 Å². The smallest absolute Gasteiger partial charge is 0.173 e. The fraction of sp³-hybridized carbons (Fsp3) is 0.316. The number of nitrogens with zero attached hydrogens (tertiary/aromatic N) is 2. The highest BCUT2D eigenvalue weighted by Crippen LogP contribution is 2.21. The van der Waals surface area contributed by atoms with Gasteiger partial charge in [0, 0.05) is 48.5 Å². The van der Waals surface area contributed by atoms with Crippen molar-refractivity contribution in [1.29, 1.82) is 0 Å². The molecule has 1 fully saturated rings. The molecular formula is C19H21Cl2N3S. The molecular weight excluding hydrogens is 373 g/mol. The fourth-order valence-corrected chi connectivity index (χ4v) is 3.56. The Bertz CT molecular complexity index is 758. The molecule has 25 heavy (non-hydrogen) atoms. The molecule has 2 aromatic rings. The molecule has 0 radical (unpaired) electrons. The number of benzene rings is 2. The van der Waals surface area contributed by atoms with Crippen LogP contribution in [0.4, 0.5) is 5.69 Å². The van der Waals surface area contributed by atoms with Gasteiger partial charge >= 0.3 is 0 Å². The summed E-state index contributed by atoms with van der Waals surface area (Å²) in [6.07, 6.45) is 0. The fourth-order valence-electron chi connectivity index (χ4n) is 2.90. The molecule has 0 aliphatic carbocycles.